The van der Waals surface area contributed by atoms with E-state index in [-0.39, 0.29) is 12.1 Å². The molecule has 2 rings (SSSR count). The van der Waals surface area contributed by atoms with Crippen LogP contribution in [0.15, 0.2) is 18.2 Å². The summed E-state index contributed by atoms with van der Waals surface area (Å²) in [7, 11) is 1.61. The van der Waals surface area contributed by atoms with Gasteiger partial charge in [0.05, 0.1) is 19.8 Å². The molecule has 0 aromatic heterocycles. The number of hydrogen-bond acceptors (Lipinski definition) is 4. The Hall–Kier alpha value is -1.26. The molecule has 0 fully saturated rings. The van der Waals surface area contributed by atoms with Gasteiger partial charge in [0.15, 0.2) is 0 Å². The first-order valence-electron chi connectivity index (χ1n) is 5.48. The lowest BCUT2D eigenvalue weighted by Gasteiger charge is -2.14. The van der Waals surface area contributed by atoms with Crippen LogP contribution in [0.5, 0.6) is 11.5 Å². The van der Waals surface area contributed by atoms with Gasteiger partial charge in [-0.2, -0.15) is 5.48 Å². The number of benzene rings is 1. The minimum atomic E-state index is 0.0559. The van der Waals surface area contributed by atoms with Crippen LogP contribution in [0.25, 0.3) is 0 Å². The van der Waals surface area contributed by atoms with Crippen LogP contribution in [0.3, 0.4) is 0 Å². The zero-order chi connectivity index (χ0) is 11.5. The Bertz CT molecular complexity index is 367. The summed E-state index contributed by atoms with van der Waals surface area (Å²) < 4.78 is 11.2. The van der Waals surface area contributed by atoms with Crippen molar-refractivity contribution in [2.24, 2.45) is 0 Å². The van der Waals surface area contributed by atoms with Gasteiger partial charge in [-0.3, -0.25) is 0 Å². The van der Waals surface area contributed by atoms with Crippen LogP contribution in [-0.2, 0) is 4.84 Å². The average molecular weight is 223 g/mol. The predicted molar refractivity (Wildman–Crippen MR) is 60.6 cm³/mol. The standard InChI is InChI=1S/C12H17NO3/c1-4-15-9-5-6-11-10(7-9)12(13-14-3)8(2)16-11/h5-8,12-13H,4H2,1-3H3. The molecule has 1 aliphatic heterocycles. The van der Waals surface area contributed by atoms with Gasteiger partial charge in [0.2, 0.25) is 0 Å². The summed E-state index contributed by atoms with van der Waals surface area (Å²) in [4.78, 5) is 4.98. The summed E-state index contributed by atoms with van der Waals surface area (Å²) in [6.07, 6.45) is 0.0619. The fraction of sp³-hybridized carbons (Fsp3) is 0.500. The zero-order valence-electron chi connectivity index (χ0n) is 9.82. The second-order valence-electron chi connectivity index (χ2n) is 3.76. The van der Waals surface area contributed by atoms with Crippen LogP contribution >= 0.6 is 0 Å². The summed E-state index contributed by atoms with van der Waals surface area (Å²) >= 11 is 0. The summed E-state index contributed by atoms with van der Waals surface area (Å²) in [5.74, 6) is 1.76. The molecular formula is C12H17NO3. The highest BCUT2D eigenvalue weighted by Gasteiger charge is 2.31. The predicted octanol–water partition coefficient (Wildman–Crippen LogP) is 2.06. The number of hydrogen-bond donors (Lipinski definition) is 1. The molecule has 2 unspecified atom stereocenters. The van der Waals surface area contributed by atoms with Crippen molar-refractivity contribution in [2.45, 2.75) is 26.0 Å². The Balaban J connectivity index is 2.27. The number of hydroxylamine groups is 1. The first-order valence-corrected chi connectivity index (χ1v) is 5.48. The van der Waals surface area contributed by atoms with E-state index in [9.17, 15) is 0 Å². The molecule has 0 radical (unpaired) electrons. The Labute approximate surface area is 95.5 Å². The van der Waals surface area contributed by atoms with E-state index in [1.807, 2.05) is 32.0 Å². The molecule has 1 aromatic rings. The summed E-state index contributed by atoms with van der Waals surface area (Å²) in [6, 6.07) is 5.91. The van der Waals surface area contributed by atoms with Crippen molar-refractivity contribution in [2.75, 3.05) is 13.7 Å². The van der Waals surface area contributed by atoms with Crippen molar-refractivity contribution in [1.82, 2.24) is 5.48 Å². The Morgan fingerprint density at radius 3 is 2.94 bits per heavy atom. The third kappa shape index (κ3) is 1.99. The molecule has 0 saturated carbocycles. The van der Waals surface area contributed by atoms with Gasteiger partial charge < -0.3 is 14.3 Å². The van der Waals surface area contributed by atoms with Gasteiger partial charge >= 0.3 is 0 Å². The van der Waals surface area contributed by atoms with E-state index in [2.05, 4.69) is 5.48 Å². The normalized spacial score (nSPS) is 22.7. The summed E-state index contributed by atoms with van der Waals surface area (Å²) in [5.41, 5.74) is 4.02. The van der Waals surface area contributed by atoms with Gasteiger partial charge in [-0.1, -0.05) is 0 Å². The monoisotopic (exact) mass is 223 g/mol. The van der Waals surface area contributed by atoms with Crippen molar-refractivity contribution in [3.63, 3.8) is 0 Å². The molecule has 0 spiro atoms. The van der Waals surface area contributed by atoms with Gasteiger partial charge in [0, 0.05) is 5.56 Å². The first-order chi connectivity index (χ1) is 7.76. The summed E-state index contributed by atoms with van der Waals surface area (Å²) in [5, 5.41) is 0. The molecule has 4 heteroatoms. The fourth-order valence-electron chi connectivity index (χ4n) is 1.94. The summed E-state index contributed by atoms with van der Waals surface area (Å²) in [6.45, 7) is 4.64. The minimum Gasteiger partial charge on any atom is -0.494 e. The lowest BCUT2D eigenvalue weighted by Crippen LogP contribution is -2.27. The number of nitrogens with one attached hydrogen (secondary N) is 1. The van der Waals surface area contributed by atoms with Gasteiger partial charge in [-0.15, -0.1) is 0 Å². The molecule has 0 amide bonds. The maximum absolute atomic E-state index is 5.71. The molecule has 1 N–H and O–H groups in total. The molecule has 88 valence electrons. The Morgan fingerprint density at radius 2 is 2.25 bits per heavy atom. The van der Waals surface area contributed by atoms with Crippen LogP contribution in [0.1, 0.15) is 25.5 Å². The third-order valence-electron chi connectivity index (χ3n) is 2.65. The fourth-order valence-corrected chi connectivity index (χ4v) is 1.94. The van der Waals surface area contributed by atoms with Crippen LogP contribution in [0, 0.1) is 0 Å². The molecule has 0 saturated heterocycles. The lowest BCUT2D eigenvalue weighted by molar-refractivity contribution is 0.0339. The van der Waals surface area contributed by atoms with Crippen molar-refractivity contribution in [1.29, 1.82) is 0 Å². The van der Waals surface area contributed by atoms with Crippen molar-refractivity contribution >= 4 is 0 Å². The van der Waals surface area contributed by atoms with E-state index in [1.165, 1.54) is 0 Å². The van der Waals surface area contributed by atoms with E-state index >= 15 is 0 Å². The van der Waals surface area contributed by atoms with E-state index in [0.29, 0.717) is 6.61 Å². The van der Waals surface area contributed by atoms with E-state index in [4.69, 9.17) is 14.3 Å². The Morgan fingerprint density at radius 1 is 1.44 bits per heavy atom. The van der Waals surface area contributed by atoms with E-state index in [1.54, 1.807) is 7.11 Å². The molecule has 4 nitrogen and oxygen atoms in total. The number of fused-ring (bicyclic) bond motifs is 1. The molecule has 0 aliphatic carbocycles. The van der Waals surface area contributed by atoms with Crippen LogP contribution in [-0.4, -0.2) is 19.8 Å². The van der Waals surface area contributed by atoms with E-state index in [0.717, 1.165) is 17.1 Å². The van der Waals surface area contributed by atoms with Gasteiger partial charge in [-0.05, 0) is 32.0 Å². The maximum atomic E-state index is 5.71. The highest BCUT2D eigenvalue weighted by molar-refractivity contribution is 5.45. The van der Waals surface area contributed by atoms with Crippen molar-refractivity contribution in [3.05, 3.63) is 23.8 Å². The maximum Gasteiger partial charge on any atom is 0.125 e. The average Bonchev–Trinajstić information content (AvgIpc) is 2.57. The van der Waals surface area contributed by atoms with Crippen LogP contribution in [0.2, 0.25) is 0 Å². The largest absolute Gasteiger partial charge is 0.494 e. The first kappa shape index (κ1) is 11.2. The topological polar surface area (TPSA) is 39.7 Å². The third-order valence-corrected chi connectivity index (χ3v) is 2.65. The van der Waals surface area contributed by atoms with Crippen molar-refractivity contribution < 1.29 is 14.3 Å². The molecule has 2 atom stereocenters. The number of ether oxygens (including phenoxy) is 2. The molecule has 0 bridgehead atoms. The highest BCUT2D eigenvalue weighted by Crippen LogP contribution is 2.38. The van der Waals surface area contributed by atoms with Crippen molar-refractivity contribution in [3.8, 4) is 11.5 Å². The highest BCUT2D eigenvalue weighted by atomic mass is 16.6. The minimum absolute atomic E-state index is 0.0559. The molecule has 1 aliphatic rings. The van der Waals surface area contributed by atoms with Crippen LogP contribution in [0.4, 0.5) is 0 Å². The van der Waals surface area contributed by atoms with Crippen LogP contribution < -0.4 is 15.0 Å². The Kier molecular flexibility index (Phi) is 3.31. The smallest absolute Gasteiger partial charge is 0.125 e. The second kappa shape index (κ2) is 4.72. The SMILES string of the molecule is CCOc1ccc2c(c1)C(NOC)C(C)O2. The molecular weight excluding hydrogens is 206 g/mol. The molecule has 16 heavy (non-hydrogen) atoms. The quantitative estimate of drug-likeness (QED) is 0.793. The van der Waals surface area contributed by atoms with Gasteiger partial charge in [0.1, 0.15) is 17.6 Å². The number of rotatable bonds is 4. The van der Waals surface area contributed by atoms with Gasteiger partial charge in [0.25, 0.3) is 0 Å². The zero-order valence-corrected chi connectivity index (χ0v) is 9.82. The molecule has 1 aromatic carbocycles. The molecule has 1 heterocycles. The van der Waals surface area contributed by atoms with Gasteiger partial charge in [-0.25, -0.2) is 0 Å². The second-order valence-corrected chi connectivity index (χ2v) is 3.76. The lowest BCUT2D eigenvalue weighted by atomic mass is 10.1. The van der Waals surface area contributed by atoms with E-state index < -0.39 is 0 Å².